The minimum absolute atomic E-state index is 0.605. The zero-order valence-electron chi connectivity index (χ0n) is 25.8. The molecule has 0 aliphatic carbocycles. The van der Waals surface area contributed by atoms with Crippen LogP contribution in [0.2, 0.25) is 0 Å². The van der Waals surface area contributed by atoms with E-state index in [1.54, 1.807) is 0 Å². The minimum atomic E-state index is 0.605. The van der Waals surface area contributed by atoms with E-state index in [0.717, 1.165) is 55.4 Å². The second kappa shape index (κ2) is 10.9. The number of hydrogen-bond donors (Lipinski definition) is 0. The van der Waals surface area contributed by atoms with Crippen LogP contribution in [0.25, 0.3) is 77.2 Å². The van der Waals surface area contributed by atoms with Crippen molar-refractivity contribution in [2.45, 2.75) is 0 Å². The second-order valence-corrected chi connectivity index (χ2v) is 12.0. The molecule has 0 aliphatic heterocycles. The summed E-state index contributed by atoms with van der Waals surface area (Å²) in [6, 6.07) is 58.9. The van der Waals surface area contributed by atoms with Gasteiger partial charge in [0, 0.05) is 32.8 Å². The minimum Gasteiger partial charge on any atom is -0.309 e. The lowest BCUT2D eigenvalue weighted by atomic mass is 9.92. The molecule has 4 nitrogen and oxygen atoms in total. The summed E-state index contributed by atoms with van der Waals surface area (Å²) >= 11 is 0. The second-order valence-electron chi connectivity index (χ2n) is 12.0. The Morgan fingerprint density at radius 2 is 1.02 bits per heavy atom. The van der Waals surface area contributed by atoms with Gasteiger partial charge < -0.3 is 9.13 Å². The molecule has 2 aromatic heterocycles. The Balaban J connectivity index is 1.25. The average Bonchev–Trinajstić information content (AvgIpc) is 3.68. The fraction of sp³-hybridized carbons (Fsp3) is 0. The van der Waals surface area contributed by atoms with Crippen LogP contribution in [0, 0.1) is 22.7 Å². The van der Waals surface area contributed by atoms with E-state index in [0.29, 0.717) is 11.1 Å². The summed E-state index contributed by atoms with van der Waals surface area (Å²) in [6.07, 6.45) is 0. The first kappa shape index (κ1) is 27.4. The molecule has 0 saturated heterocycles. The van der Waals surface area contributed by atoms with Gasteiger partial charge in [-0.25, -0.2) is 0 Å². The predicted molar refractivity (Wildman–Crippen MR) is 195 cm³/mol. The van der Waals surface area contributed by atoms with Crippen LogP contribution < -0.4 is 0 Å². The summed E-state index contributed by atoms with van der Waals surface area (Å²) in [5, 5.41) is 24.4. The first-order valence-electron chi connectivity index (χ1n) is 15.9. The molecular formula is C44H26N4. The van der Waals surface area contributed by atoms with Gasteiger partial charge >= 0.3 is 0 Å². The lowest BCUT2D eigenvalue weighted by Gasteiger charge is -2.17. The molecule has 48 heavy (non-hydrogen) atoms. The van der Waals surface area contributed by atoms with Crippen molar-refractivity contribution in [2.75, 3.05) is 0 Å². The van der Waals surface area contributed by atoms with Gasteiger partial charge in [0.25, 0.3) is 0 Å². The highest BCUT2D eigenvalue weighted by atomic mass is 15.0. The van der Waals surface area contributed by atoms with Gasteiger partial charge in [-0.3, -0.25) is 0 Å². The number of benzene rings is 7. The van der Waals surface area contributed by atoms with Gasteiger partial charge in [-0.15, -0.1) is 0 Å². The lowest BCUT2D eigenvalue weighted by Crippen LogP contribution is -1.98. The van der Waals surface area contributed by atoms with Gasteiger partial charge in [-0.05, 0) is 77.4 Å². The number of nitriles is 2. The third kappa shape index (κ3) is 4.07. The summed E-state index contributed by atoms with van der Waals surface area (Å²) in [4.78, 5) is 0. The summed E-state index contributed by atoms with van der Waals surface area (Å²) in [7, 11) is 0. The molecule has 9 rings (SSSR count). The van der Waals surface area contributed by atoms with E-state index in [9.17, 15) is 10.5 Å². The Hall–Kier alpha value is -6.88. The SMILES string of the molecule is N#Cc1ccc(-c2ccccc2-n2c3ccccc3c3c(C#N)cccc32)c(-c2ccc(-n3c4ccccc4c4ccccc43)cc2)c1. The van der Waals surface area contributed by atoms with E-state index >= 15 is 0 Å². The van der Waals surface area contributed by atoms with Gasteiger partial charge in [0.05, 0.1) is 51.0 Å². The van der Waals surface area contributed by atoms with Crippen LogP contribution in [-0.2, 0) is 0 Å². The van der Waals surface area contributed by atoms with Crippen LogP contribution >= 0.6 is 0 Å². The maximum Gasteiger partial charge on any atom is 0.0998 e. The van der Waals surface area contributed by atoms with E-state index in [-0.39, 0.29) is 0 Å². The first-order valence-corrected chi connectivity index (χ1v) is 15.9. The highest BCUT2D eigenvalue weighted by molar-refractivity contribution is 6.12. The number of para-hydroxylation sites is 4. The van der Waals surface area contributed by atoms with Crippen LogP contribution in [0.5, 0.6) is 0 Å². The number of nitrogens with zero attached hydrogens (tertiary/aromatic N) is 4. The summed E-state index contributed by atoms with van der Waals surface area (Å²) in [5.74, 6) is 0. The van der Waals surface area contributed by atoms with Crippen molar-refractivity contribution in [3.63, 3.8) is 0 Å². The van der Waals surface area contributed by atoms with Crippen molar-refractivity contribution >= 4 is 43.6 Å². The van der Waals surface area contributed by atoms with Gasteiger partial charge in [0.15, 0.2) is 0 Å². The van der Waals surface area contributed by atoms with Crippen LogP contribution in [-0.4, -0.2) is 9.13 Å². The summed E-state index contributed by atoms with van der Waals surface area (Å²) in [6.45, 7) is 0. The fourth-order valence-electron chi connectivity index (χ4n) is 7.35. The molecule has 0 saturated carbocycles. The predicted octanol–water partition coefficient (Wildman–Crippen LogP) is 11.0. The molecule has 0 aliphatic rings. The Labute approximate surface area is 277 Å². The van der Waals surface area contributed by atoms with Crippen molar-refractivity contribution in [3.8, 4) is 45.8 Å². The van der Waals surface area contributed by atoms with Crippen molar-refractivity contribution in [2.24, 2.45) is 0 Å². The van der Waals surface area contributed by atoms with Gasteiger partial charge in [0.2, 0.25) is 0 Å². The van der Waals surface area contributed by atoms with Crippen molar-refractivity contribution in [1.29, 1.82) is 10.5 Å². The Kier molecular flexibility index (Phi) is 6.22. The normalized spacial score (nSPS) is 11.3. The number of fused-ring (bicyclic) bond motifs is 6. The highest BCUT2D eigenvalue weighted by Crippen LogP contribution is 2.41. The topological polar surface area (TPSA) is 57.4 Å². The molecular weight excluding hydrogens is 585 g/mol. The first-order chi connectivity index (χ1) is 23.7. The van der Waals surface area contributed by atoms with E-state index in [4.69, 9.17) is 0 Å². The Morgan fingerprint density at radius 3 is 1.71 bits per heavy atom. The standard InChI is InChI=1S/C44H26N4/c45-27-29-20-25-33(34-11-1-7-17-41(34)48-42-18-8-4-14-37(42)44-31(28-46)10-9-19-43(44)48)38(26-29)30-21-23-32(24-22-30)47-39-15-5-2-12-35(39)36-13-3-6-16-40(36)47/h1-26H. The molecule has 0 unspecified atom stereocenters. The Bertz CT molecular complexity index is 2750. The molecule has 0 N–H and O–H groups in total. The number of rotatable bonds is 4. The summed E-state index contributed by atoms with van der Waals surface area (Å²) in [5.41, 5.74) is 11.8. The molecule has 0 fully saturated rings. The van der Waals surface area contributed by atoms with Crippen molar-refractivity contribution < 1.29 is 0 Å². The molecule has 0 spiro atoms. The van der Waals surface area contributed by atoms with Gasteiger partial charge in [-0.2, -0.15) is 10.5 Å². The maximum atomic E-state index is 10.0. The molecule has 0 atom stereocenters. The lowest BCUT2D eigenvalue weighted by molar-refractivity contribution is 1.18. The zero-order chi connectivity index (χ0) is 32.2. The molecule has 4 heteroatoms. The van der Waals surface area contributed by atoms with Crippen LogP contribution in [0.15, 0.2) is 158 Å². The van der Waals surface area contributed by atoms with Crippen molar-refractivity contribution in [3.05, 3.63) is 169 Å². The van der Waals surface area contributed by atoms with Crippen LogP contribution in [0.3, 0.4) is 0 Å². The molecule has 7 aromatic carbocycles. The number of hydrogen-bond acceptors (Lipinski definition) is 2. The summed E-state index contributed by atoms with van der Waals surface area (Å²) < 4.78 is 4.57. The largest absolute Gasteiger partial charge is 0.309 e. The van der Waals surface area contributed by atoms with Gasteiger partial charge in [0.1, 0.15) is 0 Å². The third-order valence-electron chi connectivity index (χ3n) is 9.42. The van der Waals surface area contributed by atoms with Gasteiger partial charge in [-0.1, -0.05) is 97.1 Å². The van der Waals surface area contributed by atoms with E-state index in [1.165, 1.54) is 21.8 Å². The average molecular weight is 611 g/mol. The molecule has 0 amide bonds. The number of aromatic nitrogens is 2. The molecule has 0 bridgehead atoms. The van der Waals surface area contributed by atoms with Crippen LogP contribution in [0.4, 0.5) is 0 Å². The molecule has 0 radical (unpaired) electrons. The van der Waals surface area contributed by atoms with E-state index in [1.807, 2.05) is 36.4 Å². The molecule has 2 heterocycles. The van der Waals surface area contributed by atoms with E-state index < -0.39 is 0 Å². The molecule has 9 aromatic rings. The smallest absolute Gasteiger partial charge is 0.0998 e. The van der Waals surface area contributed by atoms with Crippen molar-refractivity contribution in [1.82, 2.24) is 9.13 Å². The third-order valence-corrected chi connectivity index (χ3v) is 9.42. The molecule has 222 valence electrons. The fourth-order valence-corrected chi connectivity index (χ4v) is 7.35. The quantitative estimate of drug-likeness (QED) is 0.199. The van der Waals surface area contributed by atoms with Crippen LogP contribution in [0.1, 0.15) is 11.1 Å². The highest BCUT2D eigenvalue weighted by Gasteiger charge is 2.19. The zero-order valence-corrected chi connectivity index (χ0v) is 25.8. The van der Waals surface area contributed by atoms with E-state index in [2.05, 4.69) is 143 Å². The Morgan fingerprint density at radius 1 is 0.417 bits per heavy atom. The monoisotopic (exact) mass is 610 g/mol. The maximum absolute atomic E-state index is 10.0.